The maximum Gasteiger partial charge on any atom is 0.387 e. The highest BCUT2D eigenvalue weighted by Crippen LogP contribution is 2.27. The molecule has 0 saturated carbocycles. The highest BCUT2D eigenvalue weighted by atomic mass is 32.2. The third-order valence-corrected chi connectivity index (χ3v) is 6.39. The number of rotatable bonds is 8. The molecule has 1 aliphatic heterocycles. The van der Waals surface area contributed by atoms with Gasteiger partial charge >= 0.3 is 16.3 Å². The van der Waals surface area contributed by atoms with E-state index in [4.69, 9.17) is 4.18 Å². The molecule has 0 aliphatic carbocycles. The van der Waals surface area contributed by atoms with E-state index in [0.717, 1.165) is 35.1 Å². The number of nitrogens with zero attached hydrogens (tertiary/aromatic N) is 1. The summed E-state index contributed by atoms with van der Waals surface area (Å²) in [6, 6.07) is 18.4. The fourth-order valence-electron chi connectivity index (χ4n) is 3.35. The topological polar surface area (TPSA) is 63.7 Å². The van der Waals surface area contributed by atoms with Gasteiger partial charge in [-0.05, 0) is 35.1 Å². The highest BCUT2D eigenvalue weighted by molar-refractivity contribution is 7.84. The molecule has 3 rings (SSSR count). The van der Waals surface area contributed by atoms with Crippen molar-refractivity contribution in [1.82, 2.24) is 4.31 Å². The number of hydrogen-bond donors (Lipinski definition) is 0. The Morgan fingerprint density at radius 2 is 1.62 bits per heavy atom. The van der Waals surface area contributed by atoms with E-state index in [0.29, 0.717) is 19.4 Å². The van der Waals surface area contributed by atoms with Crippen LogP contribution in [-0.2, 0) is 19.3 Å². The maximum absolute atomic E-state index is 12.3. The molecule has 0 aromatic heterocycles. The number of hydrogen-bond acceptors (Lipinski definition) is 4. The van der Waals surface area contributed by atoms with Crippen molar-refractivity contribution in [2.75, 3.05) is 13.1 Å². The molecule has 2 aromatic carbocycles. The molecule has 29 heavy (non-hydrogen) atoms. The van der Waals surface area contributed by atoms with E-state index in [-0.39, 0.29) is 13.0 Å². The van der Waals surface area contributed by atoms with E-state index in [1.165, 1.54) is 4.31 Å². The minimum Gasteiger partial charge on any atom is -0.334 e. The lowest BCUT2D eigenvalue weighted by Crippen LogP contribution is -2.37. The second-order valence-corrected chi connectivity index (χ2v) is 8.69. The minimum atomic E-state index is -4.03. The molecule has 0 amide bonds. The Bertz CT molecular complexity index is 950. The predicted molar refractivity (Wildman–Crippen MR) is 115 cm³/mol. The van der Waals surface area contributed by atoms with Crippen molar-refractivity contribution >= 4 is 21.8 Å². The second-order valence-electron chi connectivity index (χ2n) is 7.15. The van der Waals surface area contributed by atoms with E-state index in [9.17, 15) is 13.2 Å². The van der Waals surface area contributed by atoms with Crippen LogP contribution in [0.3, 0.4) is 0 Å². The predicted octanol–water partition coefficient (Wildman–Crippen LogP) is 4.81. The molecule has 2 aromatic rings. The van der Waals surface area contributed by atoms with Gasteiger partial charge in [-0.2, -0.15) is 12.7 Å². The molecule has 0 bridgehead atoms. The van der Waals surface area contributed by atoms with Gasteiger partial charge < -0.3 is 4.18 Å². The van der Waals surface area contributed by atoms with Crippen molar-refractivity contribution in [1.29, 1.82) is 0 Å². The van der Waals surface area contributed by atoms with Crippen molar-refractivity contribution in [2.45, 2.75) is 39.0 Å². The lowest BCUT2D eigenvalue weighted by Gasteiger charge is -2.25. The lowest BCUT2D eigenvalue weighted by molar-refractivity contribution is -0.134. The van der Waals surface area contributed by atoms with Crippen LogP contribution in [0.1, 0.15) is 44.6 Å². The highest BCUT2D eigenvalue weighted by Gasteiger charge is 2.28. The van der Waals surface area contributed by atoms with E-state index in [2.05, 4.69) is 36.4 Å². The van der Waals surface area contributed by atoms with Crippen molar-refractivity contribution in [3.05, 3.63) is 66.2 Å². The normalized spacial score (nSPS) is 15.0. The zero-order chi connectivity index (χ0) is 20.7. The average Bonchev–Trinajstić information content (AvgIpc) is 2.74. The molecule has 6 heteroatoms. The van der Waals surface area contributed by atoms with Crippen LogP contribution in [-0.4, -0.2) is 31.8 Å². The Morgan fingerprint density at radius 1 is 0.966 bits per heavy atom. The Hall–Kier alpha value is -2.44. The molecule has 154 valence electrons. The summed E-state index contributed by atoms with van der Waals surface area (Å²) in [7, 11) is -4.03. The molecule has 0 atom stereocenters. The van der Waals surface area contributed by atoms with Gasteiger partial charge in [0, 0.05) is 19.5 Å². The Balaban J connectivity index is 1.60. The summed E-state index contributed by atoms with van der Waals surface area (Å²) in [6.45, 7) is 2.53. The van der Waals surface area contributed by atoms with E-state index in [1.54, 1.807) is 0 Å². The first kappa shape index (κ1) is 21.3. The van der Waals surface area contributed by atoms with Gasteiger partial charge in [0.1, 0.15) is 0 Å². The monoisotopic (exact) mass is 413 g/mol. The minimum absolute atomic E-state index is 0.135. The third-order valence-electron chi connectivity index (χ3n) is 5.03. The number of carbonyl (C=O) groups is 1. The summed E-state index contributed by atoms with van der Waals surface area (Å²) in [5.74, 6) is -0.676. The van der Waals surface area contributed by atoms with Gasteiger partial charge in [-0.1, -0.05) is 80.4 Å². The Labute approximate surface area is 173 Å². The molecule has 0 spiro atoms. The standard InChI is InChI=1S/C23H27NO4S/c1-2-3-5-10-23(25)28-29(26,27)24-17-15-22(16-18-24)21-13-11-20(12-14-21)19-8-6-4-7-9-19/h4,6-9,11-15H,2-3,5,10,16-18H2,1H3. The van der Waals surface area contributed by atoms with Crippen molar-refractivity contribution in [3.63, 3.8) is 0 Å². The van der Waals surface area contributed by atoms with E-state index < -0.39 is 16.3 Å². The summed E-state index contributed by atoms with van der Waals surface area (Å²) in [4.78, 5) is 11.8. The molecular formula is C23H27NO4S. The molecule has 0 fully saturated rings. The molecule has 5 nitrogen and oxygen atoms in total. The van der Waals surface area contributed by atoms with Gasteiger partial charge in [0.25, 0.3) is 0 Å². The summed E-state index contributed by atoms with van der Waals surface area (Å²) in [5, 5.41) is 0. The summed E-state index contributed by atoms with van der Waals surface area (Å²) in [6.07, 6.45) is 5.10. The van der Waals surface area contributed by atoms with Crippen LogP contribution in [0.15, 0.2) is 60.7 Å². The first-order valence-corrected chi connectivity index (χ1v) is 11.4. The van der Waals surface area contributed by atoms with Crippen LogP contribution in [0.2, 0.25) is 0 Å². The van der Waals surface area contributed by atoms with Crippen molar-refractivity contribution in [2.24, 2.45) is 0 Å². The number of unbranched alkanes of at least 4 members (excludes halogenated alkanes) is 2. The van der Waals surface area contributed by atoms with E-state index in [1.807, 2.05) is 31.2 Å². The quantitative estimate of drug-likeness (QED) is 0.583. The first-order chi connectivity index (χ1) is 14.0. The van der Waals surface area contributed by atoms with Crippen LogP contribution >= 0.6 is 0 Å². The fraction of sp³-hybridized carbons (Fsp3) is 0.348. The molecule has 0 saturated heterocycles. The van der Waals surface area contributed by atoms with E-state index >= 15 is 0 Å². The van der Waals surface area contributed by atoms with Crippen LogP contribution in [0.5, 0.6) is 0 Å². The molecular weight excluding hydrogens is 386 g/mol. The third kappa shape index (κ3) is 5.78. The Morgan fingerprint density at radius 3 is 2.24 bits per heavy atom. The molecule has 1 aliphatic rings. The summed E-state index contributed by atoms with van der Waals surface area (Å²) >= 11 is 0. The van der Waals surface area contributed by atoms with Gasteiger partial charge in [0.15, 0.2) is 0 Å². The van der Waals surface area contributed by atoms with Gasteiger partial charge in [-0.15, -0.1) is 0 Å². The zero-order valence-corrected chi connectivity index (χ0v) is 17.5. The van der Waals surface area contributed by atoms with Crippen LogP contribution in [0.25, 0.3) is 16.7 Å². The largest absolute Gasteiger partial charge is 0.387 e. The molecule has 1 heterocycles. The SMILES string of the molecule is CCCCCC(=O)OS(=O)(=O)N1CC=C(c2ccc(-c3ccccc3)cc2)CC1. The zero-order valence-electron chi connectivity index (χ0n) is 16.7. The summed E-state index contributed by atoms with van der Waals surface area (Å²) in [5.41, 5.74) is 4.49. The lowest BCUT2D eigenvalue weighted by atomic mass is 9.97. The summed E-state index contributed by atoms with van der Waals surface area (Å²) < 4.78 is 30.6. The average molecular weight is 414 g/mol. The molecule has 0 N–H and O–H groups in total. The smallest absolute Gasteiger partial charge is 0.334 e. The van der Waals surface area contributed by atoms with Crippen LogP contribution < -0.4 is 0 Å². The van der Waals surface area contributed by atoms with Crippen LogP contribution in [0, 0.1) is 0 Å². The Kier molecular flexibility index (Phi) is 7.23. The van der Waals surface area contributed by atoms with Gasteiger partial charge in [0.05, 0.1) is 0 Å². The van der Waals surface area contributed by atoms with Crippen LogP contribution in [0.4, 0.5) is 0 Å². The first-order valence-electron chi connectivity index (χ1n) is 10.1. The second kappa shape index (κ2) is 9.85. The number of carbonyl (C=O) groups excluding carboxylic acids is 1. The number of benzene rings is 2. The molecule has 0 radical (unpaired) electrons. The van der Waals surface area contributed by atoms with Gasteiger partial charge in [-0.25, -0.2) is 0 Å². The van der Waals surface area contributed by atoms with Gasteiger partial charge in [0.2, 0.25) is 0 Å². The van der Waals surface area contributed by atoms with Crippen molar-refractivity contribution in [3.8, 4) is 11.1 Å². The fourth-order valence-corrected chi connectivity index (χ4v) is 4.35. The van der Waals surface area contributed by atoms with Crippen molar-refractivity contribution < 1.29 is 17.4 Å². The van der Waals surface area contributed by atoms with Gasteiger partial charge in [-0.3, -0.25) is 4.79 Å². The molecule has 0 unspecified atom stereocenters. The maximum atomic E-state index is 12.3.